The first-order chi connectivity index (χ1) is 14.8. The monoisotopic (exact) mass is 395 g/mol. The zero-order valence-electron chi connectivity index (χ0n) is 17.2. The molecule has 150 valence electrons. The zero-order chi connectivity index (χ0) is 20.5. The molecule has 1 aliphatic rings. The molecular formula is C27H25NO2. The van der Waals surface area contributed by atoms with E-state index in [0.717, 1.165) is 52.9 Å². The van der Waals surface area contributed by atoms with Crippen molar-refractivity contribution in [3.05, 3.63) is 89.5 Å². The molecule has 0 fully saturated rings. The number of carbonyl (C=O) groups is 1. The summed E-state index contributed by atoms with van der Waals surface area (Å²) in [6.45, 7) is 2.95. The smallest absolute Gasteiger partial charge is 0.202 e. The van der Waals surface area contributed by atoms with Gasteiger partial charge in [-0.2, -0.15) is 0 Å². The van der Waals surface area contributed by atoms with Crippen molar-refractivity contribution in [2.24, 2.45) is 0 Å². The predicted molar refractivity (Wildman–Crippen MR) is 121 cm³/mol. The van der Waals surface area contributed by atoms with E-state index in [9.17, 15) is 4.79 Å². The Balaban J connectivity index is 1.53. The molecule has 0 aliphatic heterocycles. The quantitative estimate of drug-likeness (QED) is 0.371. The van der Waals surface area contributed by atoms with Gasteiger partial charge in [0.2, 0.25) is 5.78 Å². The van der Waals surface area contributed by atoms with Crippen molar-refractivity contribution in [1.29, 1.82) is 0 Å². The second-order valence-corrected chi connectivity index (χ2v) is 7.85. The maximum Gasteiger partial charge on any atom is 0.202 e. The number of rotatable bonds is 6. The van der Waals surface area contributed by atoms with Gasteiger partial charge in [0, 0.05) is 17.4 Å². The summed E-state index contributed by atoms with van der Waals surface area (Å²) in [6.07, 6.45) is 3.45. The van der Waals surface area contributed by atoms with Gasteiger partial charge in [0.1, 0.15) is 5.75 Å². The topological polar surface area (TPSA) is 31.2 Å². The van der Waals surface area contributed by atoms with Crippen molar-refractivity contribution in [1.82, 2.24) is 4.57 Å². The minimum atomic E-state index is 0.0118. The molecule has 0 radical (unpaired) electrons. The molecule has 3 aromatic carbocycles. The van der Waals surface area contributed by atoms with E-state index in [1.54, 1.807) is 0 Å². The number of para-hydroxylation sites is 1. The summed E-state index contributed by atoms with van der Waals surface area (Å²) in [5.74, 6) is 0.794. The van der Waals surface area contributed by atoms with Crippen LogP contribution in [0.5, 0.6) is 5.75 Å². The first kappa shape index (κ1) is 18.7. The predicted octanol–water partition coefficient (Wildman–Crippen LogP) is 6.08. The van der Waals surface area contributed by atoms with E-state index < -0.39 is 0 Å². The van der Waals surface area contributed by atoms with Crippen LogP contribution in [0.1, 0.15) is 34.8 Å². The molecule has 0 unspecified atom stereocenters. The molecule has 30 heavy (non-hydrogen) atoms. The van der Waals surface area contributed by atoms with Crippen molar-refractivity contribution in [3.63, 3.8) is 0 Å². The van der Waals surface area contributed by atoms with Crippen molar-refractivity contribution < 1.29 is 9.53 Å². The Kier molecular flexibility index (Phi) is 4.88. The lowest BCUT2D eigenvalue weighted by atomic mass is 10.0. The van der Waals surface area contributed by atoms with Crippen LogP contribution in [-0.2, 0) is 19.4 Å². The van der Waals surface area contributed by atoms with Gasteiger partial charge in [-0.3, -0.25) is 4.79 Å². The molecule has 1 aromatic heterocycles. The Hall–Kier alpha value is -3.33. The van der Waals surface area contributed by atoms with E-state index in [1.165, 1.54) is 17.5 Å². The number of hydrogen-bond acceptors (Lipinski definition) is 2. The minimum Gasteiger partial charge on any atom is -0.485 e. The zero-order valence-corrected chi connectivity index (χ0v) is 17.2. The summed E-state index contributed by atoms with van der Waals surface area (Å²) < 4.78 is 8.20. The van der Waals surface area contributed by atoms with Gasteiger partial charge in [-0.25, -0.2) is 0 Å². The van der Waals surface area contributed by atoms with E-state index in [1.807, 2.05) is 42.5 Å². The Morgan fingerprint density at radius 1 is 0.933 bits per heavy atom. The first-order valence-electron chi connectivity index (χ1n) is 10.7. The third kappa shape index (κ3) is 3.21. The lowest BCUT2D eigenvalue weighted by Crippen LogP contribution is -2.13. The van der Waals surface area contributed by atoms with E-state index in [2.05, 4.69) is 41.8 Å². The molecule has 0 saturated heterocycles. The van der Waals surface area contributed by atoms with Crippen molar-refractivity contribution >= 4 is 16.7 Å². The molecule has 0 spiro atoms. The highest BCUT2D eigenvalue weighted by atomic mass is 16.5. The second-order valence-electron chi connectivity index (χ2n) is 7.85. The molecule has 3 heteroatoms. The number of hydrogen-bond donors (Lipinski definition) is 0. The maximum absolute atomic E-state index is 13.5. The van der Waals surface area contributed by atoms with Crippen LogP contribution >= 0.6 is 0 Å². The number of nitrogens with zero attached hydrogens (tertiary/aromatic N) is 1. The van der Waals surface area contributed by atoms with Gasteiger partial charge in [-0.1, -0.05) is 54.6 Å². The van der Waals surface area contributed by atoms with Crippen molar-refractivity contribution in [2.45, 2.75) is 32.7 Å². The summed E-state index contributed by atoms with van der Waals surface area (Å²) in [6, 6.07) is 24.5. The average molecular weight is 396 g/mol. The third-order valence-electron chi connectivity index (χ3n) is 6.05. The highest BCUT2D eigenvalue weighted by molar-refractivity contribution is 6.14. The number of aryl methyl sites for hydroxylation is 3. The van der Waals surface area contributed by atoms with Crippen LogP contribution in [0.3, 0.4) is 0 Å². The summed E-state index contributed by atoms with van der Waals surface area (Å²) in [5, 5.41) is 0.987. The average Bonchev–Trinajstić information content (AvgIpc) is 3.39. The number of Topliss-reactive ketones (excluding diaryl/α,β-unsaturated/α-hetero) is 1. The molecule has 3 nitrogen and oxygen atoms in total. The molecule has 0 bridgehead atoms. The Labute approximate surface area is 176 Å². The van der Waals surface area contributed by atoms with E-state index in [4.69, 9.17) is 4.74 Å². The maximum atomic E-state index is 13.5. The number of ketones is 1. The van der Waals surface area contributed by atoms with Crippen LogP contribution < -0.4 is 4.74 Å². The van der Waals surface area contributed by atoms with Crippen LogP contribution in [0.2, 0.25) is 0 Å². The molecule has 4 aromatic rings. The fourth-order valence-electron chi connectivity index (χ4n) is 4.67. The summed E-state index contributed by atoms with van der Waals surface area (Å²) in [4.78, 5) is 13.5. The summed E-state index contributed by atoms with van der Waals surface area (Å²) in [7, 11) is 0. The third-order valence-corrected chi connectivity index (χ3v) is 6.05. The molecule has 0 amide bonds. The normalized spacial score (nSPS) is 12.8. The van der Waals surface area contributed by atoms with Gasteiger partial charge in [-0.15, -0.1) is 0 Å². The molecular weight excluding hydrogens is 370 g/mol. The number of carbonyl (C=O) groups excluding carboxylic acids is 1. The molecule has 0 N–H and O–H groups in total. The van der Waals surface area contributed by atoms with Gasteiger partial charge < -0.3 is 9.30 Å². The largest absolute Gasteiger partial charge is 0.485 e. The fraction of sp³-hybridized carbons (Fsp3) is 0.222. The SMILES string of the molecule is CCn1c(-c2ccccc2)c(C(=O)COc2ccc3c(c2)CCC3)c2ccccc21. The highest BCUT2D eigenvalue weighted by Gasteiger charge is 2.23. The fourth-order valence-corrected chi connectivity index (χ4v) is 4.67. The van der Waals surface area contributed by atoms with Crippen LogP contribution in [-0.4, -0.2) is 17.0 Å². The van der Waals surface area contributed by atoms with Gasteiger partial charge in [0.05, 0.1) is 11.3 Å². The lowest BCUT2D eigenvalue weighted by molar-refractivity contribution is 0.0923. The van der Waals surface area contributed by atoms with E-state index in [0.29, 0.717) is 0 Å². The molecule has 0 atom stereocenters. The van der Waals surface area contributed by atoms with Gasteiger partial charge in [0.25, 0.3) is 0 Å². The number of ether oxygens (including phenoxy) is 1. The summed E-state index contributed by atoms with van der Waals surface area (Å²) >= 11 is 0. The minimum absolute atomic E-state index is 0.0118. The van der Waals surface area contributed by atoms with Crippen molar-refractivity contribution in [3.8, 4) is 17.0 Å². The van der Waals surface area contributed by atoms with Crippen LogP contribution in [0, 0.1) is 0 Å². The van der Waals surface area contributed by atoms with Gasteiger partial charge in [-0.05, 0) is 61.1 Å². The Morgan fingerprint density at radius 3 is 2.53 bits per heavy atom. The summed E-state index contributed by atoms with van der Waals surface area (Å²) in [5.41, 5.74) is 6.62. The molecule has 1 heterocycles. The number of aromatic nitrogens is 1. The lowest BCUT2D eigenvalue weighted by Gasteiger charge is -2.11. The standard InChI is InChI=1S/C27H25NO2/c1-2-28-24-14-7-6-13-23(24)26(27(28)20-9-4-3-5-10-20)25(29)18-30-22-16-15-19-11-8-12-21(19)17-22/h3-7,9-10,13-17H,2,8,11-12,18H2,1H3. The Bertz CT molecular complexity index is 1220. The molecule has 0 saturated carbocycles. The molecule has 5 rings (SSSR count). The van der Waals surface area contributed by atoms with Crippen LogP contribution in [0.25, 0.3) is 22.2 Å². The first-order valence-corrected chi connectivity index (χ1v) is 10.7. The van der Waals surface area contributed by atoms with Crippen LogP contribution in [0.15, 0.2) is 72.8 Å². The Morgan fingerprint density at radius 2 is 1.70 bits per heavy atom. The molecule has 1 aliphatic carbocycles. The number of fused-ring (bicyclic) bond motifs is 2. The van der Waals surface area contributed by atoms with Gasteiger partial charge in [0.15, 0.2) is 6.61 Å². The highest BCUT2D eigenvalue weighted by Crippen LogP contribution is 2.34. The van der Waals surface area contributed by atoms with E-state index >= 15 is 0 Å². The van der Waals surface area contributed by atoms with E-state index in [-0.39, 0.29) is 12.4 Å². The number of benzene rings is 3. The second kappa shape index (κ2) is 7.83. The van der Waals surface area contributed by atoms with Crippen LogP contribution in [0.4, 0.5) is 0 Å². The van der Waals surface area contributed by atoms with Crippen molar-refractivity contribution in [2.75, 3.05) is 6.61 Å². The van der Waals surface area contributed by atoms with Gasteiger partial charge >= 0.3 is 0 Å².